The lowest BCUT2D eigenvalue weighted by molar-refractivity contribution is 0.414. The minimum absolute atomic E-state index is 0.269. The van der Waals surface area contributed by atoms with Crippen molar-refractivity contribution in [2.45, 2.75) is 20.3 Å². The zero-order valence-corrected chi connectivity index (χ0v) is 15.4. The number of aromatic nitrogens is 2. The molecule has 0 fully saturated rings. The Kier molecular flexibility index (Phi) is 5.37. The first-order valence-electron chi connectivity index (χ1n) is 8.63. The third kappa shape index (κ3) is 4.51. The van der Waals surface area contributed by atoms with Gasteiger partial charge in [0.15, 0.2) is 0 Å². The van der Waals surface area contributed by atoms with Crippen LogP contribution < -0.4 is 15.8 Å². The summed E-state index contributed by atoms with van der Waals surface area (Å²) in [5, 5.41) is 3.34. The van der Waals surface area contributed by atoms with Crippen molar-refractivity contribution >= 4 is 11.8 Å². The highest BCUT2D eigenvalue weighted by Crippen LogP contribution is 2.23. The summed E-state index contributed by atoms with van der Waals surface area (Å²) in [7, 11) is 1.68. The molecule has 0 saturated carbocycles. The van der Waals surface area contributed by atoms with Crippen LogP contribution in [0.4, 0.5) is 11.8 Å². The van der Waals surface area contributed by atoms with Gasteiger partial charge in [0.1, 0.15) is 11.6 Å². The van der Waals surface area contributed by atoms with Gasteiger partial charge in [-0.25, -0.2) is 4.98 Å². The molecule has 0 spiro atoms. The maximum atomic E-state index is 5.91. The van der Waals surface area contributed by atoms with E-state index in [0.717, 1.165) is 35.8 Å². The second kappa shape index (κ2) is 7.87. The van der Waals surface area contributed by atoms with Gasteiger partial charge in [-0.2, -0.15) is 4.98 Å². The number of methoxy groups -OCH3 is 1. The number of rotatable bonds is 6. The first-order chi connectivity index (χ1) is 12.5. The Balaban J connectivity index is 1.73. The van der Waals surface area contributed by atoms with E-state index in [0.29, 0.717) is 0 Å². The topological polar surface area (TPSA) is 73.1 Å². The van der Waals surface area contributed by atoms with Crippen molar-refractivity contribution in [1.82, 2.24) is 9.97 Å². The molecule has 5 heteroatoms. The Morgan fingerprint density at radius 1 is 1.00 bits per heavy atom. The highest BCUT2D eigenvalue weighted by atomic mass is 16.5. The lowest BCUT2D eigenvalue weighted by Crippen LogP contribution is -2.08. The summed E-state index contributed by atoms with van der Waals surface area (Å²) in [6.07, 6.45) is 0.861. The molecule has 0 atom stereocenters. The van der Waals surface area contributed by atoms with Crippen LogP contribution in [0.1, 0.15) is 16.7 Å². The molecular weight excluding hydrogens is 324 g/mol. The Morgan fingerprint density at radius 2 is 1.77 bits per heavy atom. The molecule has 26 heavy (non-hydrogen) atoms. The number of nitrogen functional groups attached to an aromatic ring is 1. The van der Waals surface area contributed by atoms with E-state index < -0.39 is 0 Å². The molecule has 0 aliphatic heterocycles. The standard InChI is InChI=1S/C21H24N4O/c1-14-9-15(2)11-17(10-14)19-13-20(25-21(22)24-19)23-8-7-16-5-4-6-18(12-16)26-3/h4-6,9-13H,7-8H2,1-3H3,(H3,22,23,24,25). The normalized spacial score (nSPS) is 10.6. The summed E-state index contributed by atoms with van der Waals surface area (Å²) in [6.45, 7) is 4.90. The smallest absolute Gasteiger partial charge is 0.222 e. The van der Waals surface area contributed by atoms with E-state index in [1.165, 1.54) is 16.7 Å². The van der Waals surface area contributed by atoms with Crippen molar-refractivity contribution in [1.29, 1.82) is 0 Å². The summed E-state index contributed by atoms with van der Waals surface area (Å²) in [6, 6.07) is 16.4. The summed E-state index contributed by atoms with van der Waals surface area (Å²) in [5.74, 6) is 1.87. The molecule has 0 bridgehead atoms. The maximum absolute atomic E-state index is 5.91. The van der Waals surface area contributed by atoms with E-state index in [-0.39, 0.29) is 5.95 Å². The average Bonchev–Trinajstić information content (AvgIpc) is 2.60. The maximum Gasteiger partial charge on any atom is 0.222 e. The van der Waals surface area contributed by atoms with Crippen LogP contribution >= 0.6 is 0 Å². The third-order valence-corrected chi connectivity index (χ3v) is 4.11. The molecule has 3 N–H and O–H groups in total. The predicted octanol–water partition coefficient (Wildman–Crippen LogP) is 4.01. The van der Waals surface area contributed by atoms with Crippen LogP contribution in [0.15, 0.2) is 48.5 Å². The Morgan fingerprint density at radius 3 is 2.50 bits per heavy atom. The average molecular weight is 348 g/mol. The van der Waals surface area contributed by atoms with E-state index in [2.05, 4.69) is 53.4 Å². The van der Waals surface area contributed by atoms with Gasteiger partial charge in [-0.05, 0) is 50.1 Å². The van der Waals surface area contributed by atoms with Crippen LogP contribution in [0.5, 0.6) is 5.75 Å². The summed E-state index contributed by atoms with van der Waals surface area (Å²) in [5.41, 5.74) is 11.4. The molecule has 134 valence electrons. The van der Waals surface area contributed by atoms with Crippen LogP contribution in [0.2, 0.25) is 0 Å². The highest BCUT2D eigenvalue weighted by Gasteiger charge is 2.06. The zero-order chi connectivity index (χ0) is 18.5. The molecular formula is C21H24N4O. The van der Waals surface area contributed by atoms with Crippen LogP contribution in [0.3, 0.4) is 0 Å². The van der Waals surface area contributed by atoms with E-state index >= 15 is 0 Å². The molecule has 1 heterocycles. The van der Waals surface area contributed by atoms with Gasteiger partial charge >= 0.3 is 0 Å². The molecule has 0 unspecified atom stereocenters. The molecule has 0 aliphatic rings. The minimum Gasteiger partial charge on any atom is -0.497 e. The SMILES string of the molecule is COc1cccc(CCNc2cc(-c3cc(C)cc(C)c3)nc(N)n2)c1. The van der Waals surface area contributed by atoms with Crippen LogP contribution in [0, 0.1) is 13.8 Å². The zero-order valence-electron chi connectivity index (χ0n) is 15.4. The molecule has 1 aromatic heterocycles. The van der Waals surface area contributed by atoms with Gasteiger partial charge in [0.25, 0.3) is 0 Å². The number of nitrogens with two attached hydrogens (primary N) is 1. The van der Waals surface area contributed by atoms with Gasteiger partial charge < -0.3 is 15.8 Å². The van der Waals surface area contributed by atoms with Crippen molar-refractivity contribution < 1.29 is 4.74 Å². The first kappa shape index (κ1) is 17.7. The number of anilines is 2. The lowest BCUT2D eigenvalue weighted by Gasteiger charge is -2.10. The van der Waals surface area contributed by atoms with E-state index in [4.69, 9.17) is 10.5 Å². The molecule has 5 nitrogen and oxygen atoms in total. The number of hydrogen-bond donors (Lipinski definition) is 2. The quantitative estimate of drug-likeness (QED) is 0.704. The van der Waals surface area contributed by atoms with Crippen molar-refractivity contribution in [3.05, 3.63) is 65.2 Å². The van der Waals surface area contributed by atoms with Crippen LogP contribution in [-0.4, -0.2) is 23.6 Å². The summed E-state index contributed by atoms with van der Waals surface area (Å²) < 4.78 is 5.26. The monoisotopic (exact) mass is 348 g/mol. The first-order valence-corrected chi connectivity index (χ1v) is 8.63. The fraction of sp³-hybridized carbons (Fsp3) is 0.238. The largest absolute Gasteiger partial charge is 0.497 e. The molecule has 2 aromatic carbocycles. The molecule has 3 aromatic rings. The van der Waals surface area contributed by atoms with Gasteiger partial charge in [-0.3, -0.25) is 0 Å². The molecule has 0 amide bonds. The second-order valence-corrected chi connectivity index (χ2v) is 6.40. The van der Waals surface area contributed by atoms with Crippen LogP contribution in [-0.2, 0) is 6.42 Å². The molecule has 0 radical (unpaired) electrons. The number of ether oxygens (including phenoxy) is 1. The highest BCUT2D eigenvalue weighted by molar-refractivity contribution is 5.65. The number of nitrogens with one attached hydrogen (secondary N) is 1. The second-order valence-electron chi connectivity index (χ2n) is 6.40. The van der Waals surface area contributed by atoms with Crippen molar-refractivity contribution in [3.8, 4) is 17.0 Å². The van der Waals surface area contributed by atoms with Crippen molar-refractivity contribution in [2.75, 3.05) is 24.7 Å². The number of benzene rings is 2. The fourth-order valence-electron chi connectivity index (χ4n) is 2.99. The Hall–Kier alpha value is -3.08. The fourth-order valence-corrected chi connectivity index (χ4v) is 2.99. The minimum atomic E-state index is 0.269. The molecule has 0 aliphatic carbocycles. The predicted molar refractivity (Wildman–Crippen MR) is 107 cm³/mol. The van der Waals surface area contributed by atoms with E-state index in [1.54, 1.807) is 7.11 Å². The molecule has 3 rings (SSSR count). The number of hydrogen-bond acceptors (Lipinski definition) is 5. The van der Waals surface area contributed by atoms with E-state index in [1.807, 2.05) is 24.3 Å². The summed E-state index contributed by atoms with van der Waals surface area (Å²) in [4.78, 5) is 8.69. The van der Waals surface area contributed by atoms with Crippen LogP contribution in [0.25, 0.3) is 11.3 Å². The molecule has 0 saturated heterocycles. The van der Waals surface area contributed by atoms with Gasteiger partial charge in [0.05, 0.1) is 12.8 Å². The van der Waals surface area contributed by atoms with Gasteiger partial charge in [0, 0.05) is 18.2 Å². The van der Waals surface area contributed by atoms with Crippen molar-refractivity contribution in [3.63, 3.8) is 0 Å². The third-order valence-electron chi connectivity index (χ3n) is 4.11. The van der Waals surface area contributed by atoms with Gasteiger partial charge in [-0.1, -0.05) is 29.3 Å². The number of aryl methyl sites for hydroxylation is 2. The Bertz CT molecular complexity index is 888. The van der Waals surface area contributed by atoms with Crippen molar-refractivity contribution in [2.24, 2.45) is 0 Å². The summed E-state index contributed by atoms with van der Waals surface area (Å²) >= 11 is 0. The number of nitrogens with zero attached hydrogens (tertiary/aromatic N) is 2. The van der Waals surface area contributed by atoms with Gasteiger partial charge in [-0.15, -0.1) is 0 Å². The lowest BCUT2D eigenvalue weighted by atomic mass is 10.0. The Labute approximate surface area is 154 Å². The van der Waals surface area contributed by atoms with E-state index in [9.17, 15) is 0 Å². The van der Waals surface area contributed by atoms with Gasteiger partial charge in [0.2, 0.25) is 5.95 Å².